The van der Waals surface area contributed by atoms with Crippen LogP contribution in [0, 0.1) is 6.92 Å². The highest BCUT2D eigenvalue weighted by atomic mass is 16.5. The zero-order valence-corrected chi connectivity index (χ0v) is 11.9. The highest BCUT2D eigenvalue weighted by Crippen LogP contribution is 2.11. The lowest BCUT2D eigenvalue weighted by molar-refractivity contribution is 0.190. The standard InChI is InChI=1S/C13H23N3O3/c1-11-12(10-17)9-14-13(15-11)16(6-8-19-3)5-4-7-18-2/h9,17H,4-8,10H2,1-3H3. The van der Waals surface area contributed by atoms with Crippen LogP contribution in [0.1, 0.15) is 17.7 Å². The van der Waals surface area contributed by atoms with Crippen LogP contribution in [0.3, 0.4) is 0 Å². The van der Waals surface area contributed by atoms with Gasteiger partial charge in [-0.1, -0.05) is 0 Å². The largest absolute Gasteiger partial charge is 0.392 e. The van der Waals surface area contributed by atoms with Gasteiger partial charge in [-0.2, -0.15) is 0 Å². The molecule has 0 saturated carbocycles. The van der Waals surface area contributed by atoms with Gasteiger partial charge in [0.25, 0.3) is 0 Å². The zero-order valence-electron chi connectivity index (χ0n) is 11.9. The number of hydrogen-bond donors (Lipinski definition) is 1. The second-order valence-corrected chi connectivity index (χ2v) is 4.26. The third-order valence-corrected chi connectivity index (χ3v) is 2.86. The van der Waals surface area contributed by atoms with Gasteiger partial charge in [0.05, 0.1) is 13.2 Å². The number of ether oxygens (including phenoxy) is 2. The van der Waals surface area contributed by atoms with Crippen molar-refractivity contribution in [3.05, 3.63) is 17.5 Å². The van der Waals surface area contributed by atoms with E-state index in [1.54, 1.807) is 20.4 Å². The number of rotatable bonds is 9. The molecular formula is C13H23N3O3. The van der Waals surface area contributed by atoms with Gasteiger partial charge >= 0.3 is 0 Å². The van der Waals surface area contributed by atoms with Crippen molar-refractivity contribution in [2.75, 3.05) is 45.4 Å². The van der Waals surface area contributed by atoms with E-state index in [1.807, 2.05) is 6.92 Å². The fraction of sp³-hybridized carbons (Fsp3) is 0.692. The molecule has 0 saturated heterocycles. The molecule has 0 aliphatic heterocycles. The fourth-order valence-corrected chi connectivity index (χ4v) is 1.70. The molecule has 0 aliphatic carbocycles. The van der Waals surface area contributed by atoms with Gasteiger partial charge in [-0.15, -0.1) is 0 Å². The number of aryl methyl sites for hydroxylation is 1. The molecule has 1 heterocycles. The molecule has 6 heteroatoms. The van der Waals surface area contributed by atoms with Gasteiger partial charge in [-0.3, -0.25) is 0 Å². The molecule has 0 amide bonds. The third-order valence-electron chi connectivity index (χ3n) is 2.86. The predicted molar refractivity (Wildman–Crippen MR) is 73.3 cm³/mol. The van der Waals surface area contributed by atoms with Crippen molar-refractivity contribution < 1.29 is 14.6 Å². The summed E-state index contributed by atoms with van der Waals surface area (Å²) < 4.78 is 10.2. The summed E-state index contributed by atoms with van der Waals surface area (Å²) in [5.41, 5.74) is 1.56. The molecule has 0 spiro atoms. The summed E-state index contributed by atoms with van der Waals surface area (Å²) in [5, 5.41) is 9.13. The molecule has 0 atom stereocenters. The number of nitrogens with zero attached hydrogens (tertiary/aromatic N) is 3. The average Bonchev–Trinajstić information content (AvgIpc) is 2.42. The lowest BCUT2D eigenvalue weighted by atomic mass is 10.2. The van der Waals surface area contributed by atoms with Crippen molar-refractivity contribution >= 4 is 5.95 Å². The molecule has 1 aromatic heterocycles. The van der Waals surface area contributed by atoms with Crippen LogP contribution >= 0.6 is 0 Å². The van der Waals surface area contributed by atoms with Crippen LogP contribution in [-0.4, -0.2) is 55.6 Å². The number of methoxy groups -OCH3 is 2. The fourth-order valence-electron chi connectivity index (χ4n) is 1.70. The van der Waals surface area contributed by atoms with Crippen molar-refractivity contribution in [2.45, 2.75) is 20.0 Å². The molecule has 0 radical (unpaired) electrons. The second kappa shape index (κ2) is 8.79. The van der Waals surface area contributed by atoms with Crippen LogP contribution < -0.4 is 4.90 Å². The Balaban J connectivity index is 2.74. The Morgan fingerprint density at radius 3 is 2.53 bits per heavy atom. The van der Waals surface area contributed by atoms with Crippen molar-refractivity contribution in [2.24, 2.45) is 0 Å². The third kappa shape index (κ3) is 5.10. The van der Waals surface area contributed by atoms with Gasteiger partial charge in [0.2, 0.25) is 5.95 Å². The average molecular weight is 269 g/mol. The molecule has 6 nitrogen and oxygen atoms in total. The summed E-state index contributed by atoms with van der Waals surface area (Å²) in [4.78, 5) is 10.8. The minimum Gasteiger partial charge on any atom is -0.392 e. The molecular weight excluding hydrogens is 246 g/mol. The molecule has 19 heavy (non-hydrogen) atoms. The van der Waals surface area contributed by atoms with Crippen molar-refractivity contribution in [1.29, 1.82) is 0 Å². The Hall–Kier alpha value is -1.24. The van der Waals surface area contributed by atoms with E-state index in [4.69, 9.17) is 14.6 Å². The first-order chi connectivity index (χ1) is 9.22. The number of anilines is 1. The first-order valence-corrected chi connectivity index (χ1v) is 6.39. The van der Waals surface area contributed by atoms with E-state index in [0.29, 0.717) is 19.2 Å². The highest BCUT2D eigenvalue weighted by Gasteiger charge is 2.11. The summed E-state index contributed by atoms with van der Waals surface area (Å²) in [6.45, 7) is 4.72. The Morgan fingerprint density at radius 2 is 1.95 bits per heavy atom. The first-order valence-electron chi connectivity index (χ1n) is 6.39. The molecule has 0 aliphatic rings. The minimum absolute atomic E-state index is 0.0339. The second-order valence-electron chi connectivity index (χ2n) is 4.26. The van der Waals surface area contributed by atoms with Crippen LogP contribution in [0.2, 0.25) is 0 Å². The van der Waals surface area contributed by atoms with Crippen molar-refractivity contribution in [1.82, 2.24) is 9.97 Å². The smallest absolute Gasteiger partial charge is 0.225 e. The lowest BCUT2D eigenvalue weighted by Gasteiger charge is -2.22. The Kier molecular flexibility index (Phi) is 7.32. The number of aliphatic hydroxyl groups is 1. The zero-order chi connectivity index (χ0) is 14.1. The summed E-state index contributed by atoms with van der Waals surface area (Å²) in [5.74, 6) is 0.669. The van der Waals surface area contributed by atoms with E-state index in [0.717, 1.165) is 30.8 Å². The maximum Gasteiger partial charge on any atom is 0.225 e. The van der Waals surface area contributed by atoms with Gasteiger partial charge in [-0.25, -0.2) is 9.97 Å². The molecule has 1 N–H and O–H groups in total. The summed E-state index contributed by atoms with van der Waals surface area (Å²) in [7, 11) is 3.37. The van der Waals surface area contributed by atoms with E-state index in [2.05, 4.69) is 14.9 Å². The Morgan fingerprint density at radius 1 is 1.21 bits per heavy atom. The van der Waals surface area contributed by atoms with E-state index < -0.39 is 0 Å². The van der Waals surface area contributed by atoms with Gasteiger partial charge in [0, 0.05) is 51.4 Å². The van der Waals surface area contributed by atoms with Crippen LogP contribution in [0.5, 0.6) is 0 Å². The van der Waals surface area contributed by atoms with Gasteiger partial charge < -0.3 is 19.5 Å². The highest BCUT2D eigenvalue weighted by molar-refractivity contribution is 5.32. The summed E-state index contributed by atoms with van der Waals surface area (Å²) in [6, 6.07) is 0. The van der Waals surface area contributed by atoms with Crippen LogP contribution in [0.15, 0.2) is 6.20 Å². The van der Waals surface area contributed by atoms with Gasteiger partial charge in [-0.05, 0) is 13.3 Å². The Labute approximate surface area is 114 Å². The lowest BCUT2D eigenvalue weighted by Crippen LogP contribution is -2.31. The molecule has 108 valence electrons. The van der Waals surface area contributed by atoms with Crippen LogP contribution in [0.25, 0.3) is 0 Å². The summed E-state index contributed by atoms with van der Waals surface area (Å²) in [6.07, 6.45) is 2.58. The molecule has 0 unspecified atom stereocenters. The van der Waals surface area contributed by atoms with Crippen LogP contribution in [0.4, 0.5) is 5.95 Å². The topological polar surface area (TPSA) is 67.7 Å². The maximum atomic E-state index is 9.13. The SMILES string of the molecule is COCCCN(CCOC)c1ncc(CO)c(C)n1. The quantitative estimate of drug-likeness (QED) is 0.668. The van der Waals surface area contributed by atoms with E-state index in [-0.39, 0.29) is 6.61 Å². The van der Waals surface area contributed by atoms with Crippen molar-refractivity contribution in [3.63, 3.8) is 0 Å². The van der Waals surface area contributed by atoms with E-state index in [1.165, 1.54) is 0 Å². The summed E-state index contributed by atoms with van der Waals surface area (Å²) >= 11 is 0. The predicted octanol–water partition coefficient (Wildman–Crippen LogP) is 0.767. The van der Waals surface area contributed by atoms with Crippen LogP contribution in [-0.2, 0) is 16.1 Å². The van der Waals surface area contributed by atoms with Crippen molar-refractivity contribution in [3.8, 4) is 0 Å². The van der Waals surface area contributed by atoms with Gasteiger partial charge in [0.1, 0.15) is 0 Å². The molecule has 0 aromatic carbocycles. The molecule has 1 rings (SSSR count). The van der Waals surface area contributed by atoms with E-state index in [9.17, 15) is 0 Å². The monoisotopic (exact) mass is 269 g/mol. The minimum atomic E-state index is -0.0339. The van der Waals surface area contributed by atoms with E-state index >= 15 is 0 Å². The first kappa shape index (κ1) is 15.8. The Bertz CT molecular complexity index is 374. The number of aromatic nitrogens is 2. The molecule has 0 bridgehead atoms. The number of hydrogen-bond acceptors (Lipinski definition) is 6. The normalized spacial score (nSPS) is 10.7. The molecule has 0 fully saturated rings. The number of aliphatic hydroxyl groups excluding tert-OH is 1. The maximum absolute atomic E-state index is 9.13. The molecule has 1 aromatic rings. The van der Waals surface area contributed by atoms with Gasteiger partial charge in [0.15, 0.2) is 0 Å².